The molecule has 2 rings (SSSR count). The third kappa shape index (κ3) is 2.21. The molecule has 0 aromatic carbocycles. The molecule has 0 amide bonds. The molecule has 3 nitrogen and oxygen atoms in total. The molecule has 2 fully saturated rings. The molecule has 0 unspecified atom stereocenters. The van der Waals surface area contributed by atoms with E-state index in [0.717, 1.165) is 25.9 Å². The second-order valence-corrected chi connectivity index (χ2v) is 4.07. The van der Waals surface area contributed by atoms with Crippen LogP contribution in [0.4, 0.5) is 8.78 Å². The molecule has 2 aliphatic heterocycles. The Labute approximate surface area is 81.8 Å². The van der Waals surface area contributed by atoms with Gasteiger partial charge >= 0.3 is 0 Å². The van der Waals surface area contributed by atoms with Crippen LogP contribution >= 0.6 is 0 Å². The minimum Gasteiger partial charge on any atom is -0.372 e. The van der Waals surface area contributed by atoms with Crippen molar-refractivity contribution in [2.24, 2.45) is 0 Å². The minimum absolute atomic E-state index is 0.296. The van der Waals surface area contributed by atoms with Crippen LogP contribution in [0.15, 0.2) is 0 Å². The summed E-state index contributed by atoms with van der Waals surface area (Å²) in [5, 5.41) is 3.17. The smallest absolute Gasteiger partial charge is 0.293 e. The summed E-state index contributed by atoms with van der Waals surface area (Å²) in [5.41, 5.74) is -0.467. The summed E-state index contributed by atoms with van der Waals surface area (Å²) in [7, 11) is 0. The highest BCUT2D eigenvalue weighted by Crippen LogP contribution is 2.30. The Balaban J connectivity index is 1.99. The Bertz CT molecular complexity index is 205. The molecule has 82 valence electrons. The molecular weight excluding hydrogens is 192 g/mol. The van der Waals surface area contributed by atoms with Gasteiger partial charge in [-0.15, -0.1) is 0 Å². The summed E-state index contributed by atoms with van der Waals surface area (Å²) in [5.74, 6) is -2.83. The first kappa shape index (κ1) is 10.3. The Morgan fingerprint density at radius 3 is 2.43 bits per heavy atom. The van der Waals surface area contributed by atoms with Gasteiger partial charge in [-0.25, -0.2) is 8.78 Å². The van der Waals surface area contributed by atoms with E-state index in [1.54, 1.807) is 0 Å². The van der Waals surface area contributed by atoms with Gasteiger partial charge in [-0.1, -0.05) is 0 Å². The molecule has 2 heterocycles. The molecule has 0 bridgehead atoms. The number of nitrogens with one attached hydrogen (secondary N) is 1. The van der Waals surface area contributed by atoms with Gasteiger partial charge in [0.15, 0.2) is 0 Å². The van der Waals surface area contributed by atoms with E-state index < -0.39 is 24.7 Å². The fraction of sp³-hybridized carbons (Fsp3) is 1.00. The summed E-state index contributed by atoms with van der Waals surface area (Å²) in [6.07, 6.45) is 1.51. The molecule has 14 heavy (non-hydrogen) atoms. The van der Waals surface area contributed by atoms with Crippen molar-refractivity contribution in [3.05, 3.63) is 0 Å². The lowest BCUT2D eigenvalue weighted by atomic mass is 9.93. The number of alkyl halides is 2. The molecule has 0 aromatic heterocycles. The van der Waals surface area contributed by atoms with E-state index in [1.807, 2.05) is 0 Å². The SMILES string of the molecule is FC1(F)COCC2(CCNCC2)OC1. The Morgan fingerprint density at radius 1 is 1.00 bits per heavy atom. The maximum Gasteiger partial charge on any atom is 0.293 e. The lowest BCUT2D eigenvalue weighted by molar-refractivity contribution is -0.124. The highest BCUT2D eigenvalue weighted by Gasteiger charge is 2.42. The first-order valence-electron chi connectivity index (χ1n) is 4.92. The molecule has 0 aromatic rings. The van der Waals surface area contributed by atoms with Crippen molar-refractivity contribution in [3.8, 4) is 0 Å². The molecule has 0 aliphatic carbocycles. The highest BCUT2D eigenvalue weighted by atomic mass is 19.3. The van der Waals surface area contributed by atoms with E-state index in [2.05, 4.69) is 5.32 Å². The maximum atomic E-state index is 12.9. The number of halogens is 2. The van der Waals surface area contributed by atoms with E-state index >= 15 is 0 Å². The van der Waals surface area contributed by atoms with Crippen molar-refractivity contribution >= 4 is 0 Å². The van der Waals surface area contributed by atoms with Crippen molar-refractivity contribution in [2.45, 2.75) is 24.4 Å². The van der Waals surface area contributed by atoms with Gasteiger partial charge in [0.05, 0.1) is 12.2 Å². The number of hydrogen-bond donors (Lipinski definition) is 1. The van der Waals surface area contributed by atoms with E-state index in [0.29, 0.717) is 6.61 Å². The van der Waals surface area contributed by atoms with Crippen molar-refractivity contribution in [1.29, 1.82) is 0 Å². The first-order valence-corrected chi connectivity index (χ1v) is 4.92. The summed E-state index contributed by atoms with van der Waals surface area (Å²) in [6, 6.07) is 0. The van der Waals surface area contributed by atoms with Crippen molar-refractivity contribution < 1.29 is 18.3 Å². The fourth-order valence-electron chi connectivity index (χ4n) is 1.90. The highest BCUT2D eigenvalue weighted by molar-refractivity contribution is 4.89. The second-order valence-electron chi connectivity index (χ2n) is 4.07. The van der Waals surface area contributed by atoms with Crippen molar-refractivity contribution in [2.75, 3.05) is 32.9 Å². The largest absolute Gasteiger partial charge is 0.372 e. The molecule has 2 saturated heterocycles. The zero-order valence-corrected chi connectivity index (χ0v) is 8.02. The van der Waals surface area contributed by atoms with Gasteiger partial charge in [0.2, 0.25) is 0 Å². The summed E-state index contributed by atoms with van der Waals surface area (Å²) in [4.78, 5) is 0. The van der Waals surface area contributed by atoms with Crippen LogP contribution in [0, 0.1) is 0 Å². The van der Waals surface area contributed by atoms with Crippen LogP contribution in [-0.2, 0) is 9.47 Å². The van der Waals surface area contributed by atoms with E-state index in [4.69, 9.17) is 9.47 Å². The van der Waals surface area contributed by atoms with Crippen LogP contribution in [-0.4, -0.2) is 44.4 Å². The van der Waals surface area contributed by atoms with E-state index in [-0.39, 0.29) is 0 Å². The van der Waals surface area contributed by atoms with Gasteiger partial charge in [0.25, 0.3) is 5.92 Å². The van der Waals surface area contributed by atoms with Gasteiger partial charge in [-0.05, 0) is 25.9 Å². The van der Waals surface area contributed by atoms with Crippen LogP contribution in [0.5, 0.6) is 0 Å². The number of ether oxygens (including phenoxy) is 2. The van der Waals surface area contributed by atoms with Crippen molar-refractivity contribution in [1.82, 2.24) is 5.32 Å². The molecule has 0 atom stereocenters. The van der Waals surface area contributed by atoms with E-state index in [1.165, 1.54) is 0 Å². The van der Waals surface area contributed by atoms with Crippen LogP contribution in [0.1, 0.15) is 12.8 Å². The normalized spacial score (nSPS) is 31.3. The standard InChI is InChI=1S/C9H15F2NO2/c10-9(11)6-13-5-8(14-7-9)1-3-12-4-2-8/h12H,1-7H2. The summed E-state index contributed by atoms with van der Waals surface area (Å²) in [6.45, 7) is 0.906. The molecule has 0 radical (unpaired) electrons. The third-order valence-corrected chi connectivity index (χ3v) is 2.78. The predicted molar refractivity (Wildman–Crippen MR) is 46.6 cm³/mol. The van der Waals surface area contributed by atoms with Gasteiger partial charge in [0.1, 0.15) is 13.2 Å². The first-order chi connectivity index (χ1) is 6.62. The number of hydrogen-bond acceptors (Lipinski definition) is 3. The Kier molecular flexibility index (Phi) is 2.72. The zero-order chi connectivity index (χ0) is 10.1. The van der Waals surface area contributed by atoms with Crippen LogP contribution in [0.3, 0.4) is 0 Å². The van der Waals surface area contributed by atoms with Crippen LogP contribution in [0.25, 0.3) is 0 Å². The molecule has 0 saturated carbocycles. The second kappa shape index (κ2) is 3.72. The average Bonchev–Trinajstić information content (AvgIpc) is 2.29. The Morgan fingerprint density at radius 2 is 1.71 bits per heavy atom. The average molecular weight is 207 g/mol. The third-order valence-electron chi connectivity index (χ3n) is 2.78. The van der Waals surface area contributed by atoms with Crippen LogP contribution in [0.2, 0.25) is 0 Å². The summed E-state index contributed by atoms with van der Waals surface area (Å²) >= 11 is 0. The Hall–Kier alpha value is -0.260. The molecule has 1 spiro atoms. The van der Waals surface area contributed by atoms with Crippen molar-refractivity contribution in [3.63, 3.8) is 0 Å². The maximum absolute atomic E-state index is 12.9. The van der Waals surface area contributed by atoms with Crippen LogP contribution < -0.4 is 5.32 Å². The number of piperidine rings is 1. The van der Waals surface area contributed by atoms with Gasteiger partial charge < -0.3 is 14.8 Å². The molecular formula is C9H15F2NO2. The quantitative estimate of drug-likeness (QED) is 0.637. The minimum atomic E-state index is -2.83. The fourth-order valence-corrected chi connectivity index (χ4v) is 1.90. The molecule has 5 heteroatoms. The monoisotopic (exact) mass is 207 g/mol. The zero-order valence-electron chi connectivity index (χ0n) is 8.02. The summed E-state index contributed by atoms with van der Waals surface area (Å²) < 4.78 is 36.2. The topological polar surface area (TPSA) is 30.5 Å². The lowest BCUT2D eigenvalue weighted by Crippen LogP contribution is -2.47. The lowest BCUT2D eigenvalue weighted by Gasteiger charge is -2.35. The number of rotatable bonds is 0. The van der Waals surface area contributed by atoms with E-state index in [9.17, 15) is 8.78 Å². The predicted octanol–water partition coefficient (Wildman–Crippen LogP) is 0.791. The molecule has 1 N–H and O–H groups in total. The van der Waals surface area contributed by atoms with Gasteiger partial charge in [-0.2, -0.15) is 0 Å². The molecule has 2 aliphatic rings. The van der Waals surface area contributed by atoms with Gasteiger partial charge in [0, 0.05) is 0 Å². The van der Waals surface area contributed by atoms with Gasteiger partial charge in [-0.3, -0.25) is 0 Å².